The SMILES string of the molecule is CCOC(=O)c1c(N)cc(Cl)cc1Cl. The lowest BCUT2D eigenvalue weighted by Gasteiger charge is -2.07. The van der Waals surface area contributed by atoms with Crippen LogP contribution in [0.1, 0.15) is 17.3 Å². The summed E-state index contributed by atoms with van der Waals surface area (Å²) in [6.07, 6.45) is 0. The highest BCUT2D eigenvalue weighted by Crippen LogP contribution is 2.27. The summed E-state index contributed by atoms with van der Waals surface area (Å²) >= 11 is 11.5. The first-order chi connectivity index (χ1) is 6.56. The van der Waals surface area contributed by atoms with E-state index in [-0.39, 0.29) is 22.9 Å². The molecule has 0 aromatic heterocycles. The molecule has 1 aromatic carbocycles. The zero-order valence-corrected chi connectivity index (χ0v) is 9.02. The van der Waals surface area contributed by atoms with Crippen molar-refractivity contribution in [1.29, 1.82) is 0 Å². The normalized spacial score (nSPS) is 9.93. The van der Waals surface area contributed by atoms with Crippen LogP contribution in [0.5, 0.6) is 0 Å². The fourth-order valence-electron chi connectivity index (χ4n) is 1.01. The maximum absolute atomic E-state index is 11.4. The number of benzene rings is 1. The van der Waals surface area contributed by atoms with Crippen LogP contribution in [0.3, 0.4) is 0 Å². The Labute approximate surface area is 91.7 Å². The first kappa shape index (κ1) is 11.1. The third kappa shape index (κ3) is 2.30. The van der Waals surface area contributed by atoms with E-state index in [4.69, 9.17) is 33.7 Å². The van der Waals surface area contributed by atoms with Crippen molar-refractivity contribution in [3.63, 3.8) is 0 Å². The van der Waals surface area contributed by atoms with Gasteiger partial charge in [-0.3, -0.25) is 0 Å². The smallest absolute Gasteiger partial charge is 0.341 e. The second kappa shape index (κ2) is 4.53. The van der Waals surface area contributed by atoms with Gasteiger partial charge in [0.25, 0.3) is 0 Å². The van der Waals surface area contributed by atoms with Crippen LogP contribution in [-0.4, -0.2) is 12.6 Å². The largest absolute Gasteiger partial charge is 0.462 e. The molecule has 14 heavy (non-hydrogen) atoms. The number of anilines is 1. The number of esters is 1. The molecule has 0 fully saturated rings. The number of ether oxygens (including phenoxy) is 1. The van der Waals surface area contributed by atoms with Crippen LogP contribution in [-0.2, 0) is 4.74 Å². The summed E-state index contributed by atoms with van der Waals surface area (Å²) in [6.45, 7) is 1.98. The van der Waals surface area contributed by atoms with E-state index in [2.05, 4.69) is 0 Å². The molecule has 5 heteroatoms. The Kier molecular flexibility index (Phi) is 3.61. The van der Waals surface area contributed by atoms with E-state index in [0.717, 1.165) is 0 Å². The first-order valence-corrected chi connectivity index (χ1v) is 4.73. The summed E-state index contributed by atoms with van der Waals surface area (Å²) in [5.74, 6) is -0.535. The highest BCUT2D eigenvalue weighted by molar-refractivity contribution is 6.37. The number of hydrogen-bond donors (Lipinski definition) is 1. The quantitative estimate of drug-likeness (QED) is 0.632. The lowest BCUT2D eigenvalue weighted by atomic mass is 10.2. The molecule has 1 rings (SSSR count). The van der Waals surface area contributed by atoms with Crippen molar-refractivity contribution in [1.82, 2.24) is 0 Å². The highest BCUT2D eigenvalue weighted by Gasteiger charge is 2.15. The lowest BCUT2D eigenvalue weighted by Crippen LogP contribution is -2.08. The molecule has 0 saturated heterocycles. The topological polar surface area (TPSA) is 52.3 Å². The van der Waals surface area contributed by atoms with Gasteiger partial charge in [0.05, 0.1) is 11.6 Å². The van der Waals surface area contributed by atoms with Crippen LogP contribution in [0.2, 0.25) is 10.0 Å². The molecule has 0 aliphatic rings. The molecular formula is C9H9Cl2NO2. The van der Waals surface area contributed by atoms with Crippen LogP contribution in [0.25, 0.3) is 0 Å². The molecule has 0 spiro atoms. The number of carbonyl (C=O) groups is 1. The van der Waals surface area contributed by atoms with E-state index in [1.807, 2.05) is 0 Å². The van der Waals surface area contributed by atoms with Crippen molar-refractivity contribution < 1.29 is 9.53 Å². The molecule has 1 aromatic rings. The molecule has 0 atom stereocenters. The van der Waals surface area contributed by atoms with Crippen molar-refractivity contribution in [2.75, 3.05) is 12.3 Å². The molecule has 76 valence electrons. The average molecular weight is 234 g/mol. The summed E-state index contributed by atoms with van der Waals surface area (Å²) in [5, 5.41) is 0.592. The van der Waals surface area contributed by atoms with Crippen LogP contribution in [0, 0.1) is 0 Å². The first-order valence-electron chi connectivity index (χ1n) is 3.98. The minimum Gasteiger partial charge on any atom is -0.462 e. The molecule has 0 aliphatic heterocycles. The van der Waals surface area contributed by atoms with E-state index in [1.54, 1.807) is 6.92 Å². The zero-order chi connectivity index (χ0) is 10.7. The molecule has 0 unspecified atom stereocenters. The summed E-state index contributed by atoms with van der Waals surface area (Å²) < 4.78 is 4.78. The average Bonchev–Trinajstić information content (AvgIpc) is 2.01. The minimum atomic E-state index is -0.535. The van der Waals surface area contributed by atoms with Gasteiger partial charge in [0, 0.05) is 10.7 Å². The van der Waals surface area contributed by atoms with Crippen LogP contribution >= 0.6 is 23.2 Å². The third-order valence-electron chi connectivity index (χ3n) is 1.57. The summed E-state index contributed by atoms with van der Waals surface area (Å²) in [7, 11) is 0. The lowest BCUT2D eigenvalue weighted by molar-refractivity contribution is 0.0528. The Bertz CT molecular complexity index is 343. The molecule has 3 nitrogen and oxygen atoms in total. The maximum Gasteiger partial charge on any atom is 0.341 e. The Hall–Kier alpha value is -0.930. The fourth-order valence-corrected chi connectivity index (χ4v) is 1.60. The van der Waals surface area contributed by atoms with Crippen molar-refractivity contribution >= 4 is 34.9 Å². The number of rotatable bonds is 2. The molecule has 0 aliphatic carbocycles. The number of hydrogen-bond acceptors (Lipinski definition) is 3. The van der Waals surface area contributed by atoms with Crippen molar-refractivity contribution in [2.45, 2.75) is 6.92 Å². The number of nitrogen functional groups attached to an aromatic ring is 1. The summed E-state index contributed by atoms with van der Waals surface area (Å²) in [5.41, 5.74) is 5.97. The standard InChI is InChI=1S/C9H9Cl2NO2/c1-2-14-9(13)8-6(11)3-5(10)4-7(8)12/h3-4H,2,12H2,1H3. The van der Waals surface area contributed by atoms with Gasteiger partial charge in [-0.15, -0.1) is 0 Å². The third-order valence-corrected chi connectivity index (χ3v) is 2.08. The predicted molar refractivity (Wildman–Crippen MR) is 56.8 cm³/mol. The Morgan fingerprint density at radius 1 is 1.50 bits per heavy atom. The van der Waals surface area contributed by atoms with E-state index >= 15 is 0 Å². The van der Waals surface area contributed by atoms with Gasteiger partial charge in [0.15, 0.2) is 0 Å². The fraction of sp³-hybridized carbons (Fsp3) is 0.222. The highest BCUT2D eigenvalue weighted by atomic mass is 35.5. The van der Waals surface area contributed by atoms with E-state index in [1.165, 1.54) is 12.1 Å². The van der Waals surface area contributed by atoms with Gasteiger partial charge >= 0.3 is 5.97 Å². The Morgan fingerprint density at radius 2 is 2.14 bits per heavy atom. The van der Waals surface area contributed by atoms with Gasteiger partial charge < -0.3 is 10.5 Å². The number of carbonyl (C=O) groups excluding carboxylic acids is 1. The summed E-state index contributed by atoms with van der Waals surface area (Å²) in [6, 6.07) is 2.91. The molecule has 2 N–H and O–H groups in total. The van der Waals surface area contributed by atoms with Gasteiger partial charge in [0.2, 0.25) is 0 Å². The van der Waals surface area contributed by atoms with Crippen LogP contribution in [0.15, 0.2) is 12.1 Å². The van der Waals surface area contributed by atoms with Crippen molar-refractivity contribution in [2.24, 2.45) is 0 Å². The molecule has 0 amide bonds. The summed E-state index contributed by atoms with van der Waals surface area (Å²) in [4.78, 5) is 11.4. The number of nitrogens with two attached hydrogens (primary N) is 1. The predicted octanol–water partition coefficient (Wildman–Crippen LogP) is 2.75. The maximum atomic E-state index is 11.4. The molecule has 0 saturated carbocycles. The zero-order valence-electron chi connectivity index (χ0n) is 7.51. The van der Waals surface area contributed by atoms with Crippen molar-refractivity contribution in [3.8, 4) is 0 Å². The van der Waals surface area contributed by atoms with Crippen LogP contribution in [0.4, 0.5) is 5.69 Å². The molecule has 0 heterocycles. The Balaban J connectivity index is 3.14. The van der Waals surface area contributed by atoms with Gasteiger partial charge in [-0.25, -0.2) is 4.79 Å². The minimum absolute atomic E-state index is 0.165. The second-order valence-corrected chi connectivity index (χ2v) is 3.42. The van der Waals surface area contributed by atoms with E-state index in [0.29, 0.717) is 5.02 Å². The van der Waals surface area contributed by atoms with E-state index in [9.17, 15) is 4.79 Å². The van der Waals surface area contributed by atoms with Gasteiger partial charge in [-0.05, 0) is 19.1 Å². The Morgan fingerprint density at radius 3 is 2.64 bits per heavy atom. The van der Waals surface area contributed by atoms with Gasteiger partial charge in [0.1, 0.15) is 5.56 Å². The van der Waals surface area contributed by atoms with Gasteiger partial charge in [-0.1, -0.05) is 23.2 Å². The van der Waals surface area contributed by atoms with E-state index < -0.39 is 5.97 Å². The van der Waals surface area contributed by atoms with Gasteiger partial charge in [-0.2, -0.15) is 0 Å². The number of halogens is 2. The second-order valence-electron chi connectivity index (χ2n) is 2.57. The van der Waals surface area contributed by atoms with Crippen molar-refractivity contribution in [3.05, 3.63) is 27.7 Å². The molecular weight excluding hydrogens is 225 g/mol. The monoisotopic (exact) mass is 233 g/mol. The molecule has 0 bridgehead atoms. The molecule has 0 radical (unpaired) electrons. The van der Waals surface area contributed by atoms with Crippen LogP contribution < -0.4 is 5.73 Å².